The van der Waals surface area contributed by atoms with E-state index in [-0.39, 0.29) is 16.0 Å². The minimum Gasteiger partial charge on any atom is -0.285 e. The Morgan fingerprint density at radius 2 is 1.55 bits per heavy atom. The number of hydrogen-bond acceptors (Lipinski definition) is 5. The molecule has 1 heterocycles. The van der Waals surface area contributed by atoms with Crippen LogP contribution in [0.3, 0.4) is 0 Å². The van der Waals surface area contributed by atoms with Crippen molar-refractivity contribution < 1.29 is 18.0 Å². The second kappa shape index (κ2) is 5.34. The number of benzene rings is 1. The number of pyridine rings is 1. The van der Waals surface area contributed by atoms with Gasteiger partial charge in [-0.1, -0.05) is 0 Å². The summed E-state index contributed by atoms with van der Waals surface area (Å²) in [5.41, 5.74) is 0.343. The van der Waals surface area contributed by atoms with Crippen LogP contribution in [0.5, 0.6) is 0 Å². The number of nitrogens with zero attached hydrogens (tertiary/aromatic N) is 1. The van der Waals surface area contributed by atoms with Crippen molar-refractivity contribution in [3.63, 3.8) is 0 Å². The van der Waals surface area contributed by atoms with Crippen LogP contribution in [0.1, 0.15) is 20.7 Å². The summed E-state index contributed by atoms with van der Waals surface area (Å²) < 4.78 is 22.6. The monoisotopic (exact) mass is 289 g/mol. The predicted octanol–water partition coefficient (Wildman–Crippen LogP) is 1.55. The van der Waals surface area contributed by atoms with Crippen LogP contribution >= 0.6 is 0 Å². The topological polar surface area (TPSA) is 81.2 Å². The van der Waals surface area contributed by atoms with Gasteiger partial charge in [-0.25, -0.2) is 8.42 Å². The van der Waals surface area contributed by atoms with Gasteiger partial charge in [0.1, 0.15) is 0 Å². The number of Topliss-reactive ketones (excluding diaryl/α,β-unsaturated/α-hetero) is 2. The molecular weight excluding hydrogens is 278 g/mol. The first-order valence-corrected chi connectivity index (χ1v) is 7.58. The third-order valence-electron chi connectivity index (χ3n) is 2.67. The van der Waals surface area contributed by atoms with Crippen LogP contribution in [0, 0.1) is 0 Å². The molecule has 0 unspecified atom stereocenters. The lowest BCUT2D eigenvalue weighted by Crippen LogP contribution is -2.14. The van der Waals surface area contributed by atoms with E-state index in [0.717, 1.165) is 6.26 Å². The lowest BCUT2D eigenvalue weighted by Gasteiger charge is -2.02. The number of carbonyl (C=O) groups excluding carboxylic acids is 2. The third kappa shape index (κ3) is 2.97. The summed E-state index contributed by atoms with van der Waals surface area (Å²) in [6, 6.07) is 8.32. The number of sulfone groups is 1. The molecule has 5 nitrogen and oxygen atoms in total. The molecule has 6 heteroatoms. The molecule has 0 bridgehead atoms. The van der Waals surface area contributed by atoms with Crippen molar-refractivity contribution >= 4 is 21.4 Å². The Kier molecular flexibility index (Phi) is 3.76. The molecule has 102 valence electrons. The van der Waals surface area contributed by atoms with E-state index in [9.17, 15) is 18.0 Å². The van der Waals surface area contributed by atoms with Gasteiger partial charge in [0.2, 0.25) is 11.6 Å². The summed E-state index contributed by atoms with van der Waals surface area (Å²) in [7, 11) is -3.32. The van der Waals surface area contributed by atoms with Crippen molar-refractivity contribution in [1.82, 2.24) is 4.98 Å². The molecule has 0 saturated heterocycles. The third-order valence-corrected chi connectivity index (χ3v) is 3.80. The molecule has 0 atom stereocenters. The number of carbonyl (C=O) groups is 2. The van der Waals surface area contributed by atoms with Gasteiger partial charge in [0.05, 0.1) is 4.90 Å². The van der Waals surface area contributed by atoms with E-state index in [0.29, 0.717) is 0 Å². The molecule has 0 amide bonds. The van der Waals surface area contributed by atoms with Gasteiger partial charge in [0.25, 0.3) is 0 Å². The predicted molar refractivity (Wildman–Crippen MR) is 72.4 cm³/mol. The second-order valence-corrected chi connectivity index (χ2v) is 6.21. The largest absolute Gasteiger partial charge is 0.285 e. The Balaban J connectivity index is 2.29. The van der Waals surface area contributed by atoms with Crippen LogP contribution in [0.15, 0.2) is 53.7 Å². The van der Waals surface area contributed by atoms with Gasteiger partial charge in [-0.15, -0.1) is 0 Å². The van der Waals surface area contributed by atoms with E-state index in [2.05, 4.69) is 4.98 Å². The van der Waals surface area contributed by atoms with Crippen molar-refractivity contribution in [2.45, 2.75) is 4.90 Å². The highest BCUT2D eigenvalue weighted by Gasteiger charge is 2.18. The molecule has 0 saturated carbocycles. The molecule has 0 aliphatic rings. The number of aromatic nitrogens is 1. The van der Waals surface area contributed by atoms with Crippen LogP contribution in [0.25, 0.3) is 0 Å². The number of ketones is 2. The zero-order chi connectivity index (χ0) is 14.8. The maximum atomic E-state index is 12.0. The van der Waals surface area contributed by atoms with Crippen molar-refractivity contribution in [3.8, 4) is 0 Å². The molecule has 2 rings (SSSR count). The summed E-state index contributed by atoms with van der Waals surface area (Å²) in [4.78, 5) is 27.8. The van der Waals surface area contributed by atoms with E-state index in [1.807, 2.05) is 0 Å². The fourth-order valence-corrected chi connectivity index (χ4v) is 2.24. The molecule has 0 N–H and O–H groups in total. The fraction of sp³-hybridized carbons (Fsp3) is 0.0714. The lowest BCUT2D eigenvalue weighted by atomic mass is 10.0. The molecule has 2 aromatic rings. The smallest absolute Gasteiger partial charge is 0.235 e. The van der Waals surface area contributed by atoms with E-state index in [4.69, 9.17) is 0 Å². The lowest BCUT2D eigenvalue weighted by molar-refractivity contribution is 0.0816. The standard InChI is InChI=1S/C14H11NO4S/c1-20(18,19)12-6-4-10(5-7-12)13(16)14(17)11-3-2-8-15-9-11/h2-9H,1H3. The highest BCUT2D eigenvalue weighted by Crippen LogP contribution is 2.12. The van der Waals surface area contributed by atoms with Crippen molar-refractivity contribution in [1.29, 1.82) is 0 Å². The first-order valence-electron chi connectivity index (χ1n) is 5.69. The molecule has 0 aliphatic heterocycles. The van der Waals surface area contributed by atoms with Gasteiger partial charge in [0, 0.05) is 29.8 Å². The van der Waals surface area contributed by atoms with Gasteiger partial charge in [0.15, 0.2) is 9.84 Å². The Labute approximate surface area is 116 Å². The van der Waals surface area contributed by atoms with Crippen LogP contribution in [-0.4, -0.2) is 31.2 Å². The summed E-state index contributed by atoms with van der Waals surface area (Å²) in [6.45, 7) is 0. The fourth-order valence-electron chi connectivity index (χ4n) is 1.61. The second-order valence-electron chi connectivity index (χ2n) is 4.20. The van der Waals surface area contributed by atoms with Crippen LogP contribution in [0.2, 0.25) is 0 Å². The average molecular weight is 289 g/mol. The van der Waals surface area contributed by atoms with Gasteiger partial charge >= 0.3 is 0 Å². The summed E-state index contributed by atoms with van der Waals surface area (Å²) in [5.74, 6) is -1.37. The van der Waals surface area contributed by atoms with Gasteiger partial charge in [-0.3, -0.25) is 14.6 Å². The zero-order valence-corrected chi connectivity index (χ0v) is 11.4. The van der Waals surface area contributed by atoms with Gasteiger partial charge < -0.3 is 0 Å². The van der Waals surface area contributed by atoms with Crippen LogP contribution in [-0.2, 0) is 9.84 Å². The Morgan fingerprint density at radius 3 is 2.05 bits per heavy atom. The van der Waals surface area contributed by atoms with Crippen LogP contribution < -0.4 is 0 Å². The average Bonchev–Trinajstić information content (AvgIpc) is 2.46. The summed E-state index contributed by atoms with van der Waals surface area (Å²) in [6.07, 6.45) is 3.89. The molecule has 0 aliphatic carbocycles. The quantitative estimate of drug-likeness (QED) is 0.630. The highest BCUT2D eigenvalue weighted by molar-refractivity contribution is 7.90. The molecule has 0 spiro atoms. The maximum absolute atomic E-state index is 12.0. The molecule has 20 heavy (non-hydrogen) atoms. The highest BCUT2D eigenvalue weighted by atomic mass is 32.2. The van der Waals surface area contributed by atoms with Crippen molar-refractivity contribution in [2.24, 2.45) is 0 Å². The SMILES string of the molecule is CS(=O)(=O)c1ccc(C(=O)C(=O)c2cccnc2)cc1. The van der Waals surface area contributed by atoms with Crippen LogP contribution in [0.4, 0.5) is 0 Å². The molecule has 0 fully saturated rings. The van der Waals surface area contributed by atoms with Gasteiger partial charge in [-0.05, 0) is 36.4 Å². The normalized spacial score (nSPS) is 11.1. The first-order chi connectivity index (χ1) is 9.39. The number of hydrogen-bond donors (Lipinski definition) is 0. The molecule has 1 aromatic carbocycles. The van der Waals surface area contributed by atoms with E-state index in [1.54, 1.807) is 6.07 Å². The molecule has 1 aromatic heterocycles. The summed E-state index contributed by atoms with van der Waals surface area (Å²) >= 11 is 0. The minimum atomic E-state index is -3.32. The van der Waals surface area contributed by atoms with Crippen molar-refractivity contribution in [3.05, 3.63) is 59.9 Å². The Hall–Kier alpha value is -2.34. The zero-order valence-electron chi connectivity index (χ0n) is 10.6. The molecular formula is C14H11NO4S. The molecule has 0 radical (unpaired) electrons. The number of rotatable bonds is 4. The first kappa shape index (κ1) is 14.1. The van der Waals surface area contributed by atoms with E-state index >= 15 is 0 Å². The Bertz CT molecular complexity index is 750. The van der Waals surface area contributed by atoms with Gasteiger partial charge in [-0.2, -0.15) is 0 Å². The minimum absolute atomic E-state index is 0.0999. The Morgan fingerprint density at radius 1 is 0.950 bits per heavy atom. The maximum Gasteiger partial charge on any atom is 0.235 e. The van der Waals surface area contributed by atoms with E-state index < -0.39 is 21.4 Å². The summed E-state index contributed by atoms with van der Waals surface area (Å²) in [5, 5.41) is 0. The van der Waals surface area contributed by atoms with Crippen molar-refractivity contribution in [2.75, 3.05) is 6.26 Å². The van der Waals surface area contributed by atoms with E-state index in [1.165, 1.54) is 42.7 Å².